The van der Waals surface area contributed by atoms with Crippen molar-refractivity contribution in [3.05, 3.63) is 35.4 Å². The van der Waals surface area contributed by atoms with Crippen molar-refractivity contribution >= 4 is 23.6 Å². The third kappa shape index (κ3) is 2.91. The molecule has 0 unspecified atom stereocenters. The molecule has 0 spiro atoms. The van der Waals surface area contributed by atoms with Crippen LogP contribution in [0.3, 0.4) is 0 Å². The summed E-state index contributed by atoms with van der Waals surface area (Å²) in [5.74, 6) is -0.0916. The van der Waals surface area contributed by atoms with E-state index in [0.717, 1.165) is 17.7 Å². The first-order valence-corrected chi connectivity index (χ1v) is 8.04. The second-order valence-electron chi connectivity index (χ2n) is 5.18. The number of carbonyl (C=O) groups is 2. The summed E-state index contributed by atoms with van der Waals surface area (Å²) in [5.41, 5.74) is 2.29. The number of thioether (sulfide) groups is 1. The standard InChI is InChI=1S/C15H17NO4S/c17-14(16-6-7-20-12(9-16)15(18)19)13-11-4-2-1-3-10(11)5-8-21-13/h1-4,12-13H,5-9H2,(H,18,19)/t12-,13-/m0/s1. The van der Waals surface area contributed by atoms with Crippen LogP contribution in [0.4, 0.5) is 0 Å². The number of carbonyl (C=O) groups excluding carboxylic acids is 1. The Morgan fingerprint density at radius 3 is 2.95 bits per heavy atom. The number of amides is 1. The fourth-order valence-corrected chi connectivity index (χ4v) is 4.04. The molecular weight excluding hydrogens is 290 g/mol. The van der Waals surface area contributed by atoms with E-state index >= 15 is 0 Å². The first-order valence-electron chi connectivity index (χ1n) is 6.99. The van der Waals surface area contributed by atoms with E-state index in [1.165, 1.54) is 5.56 Å². The molecule has 1 aromatic carbocycles. The average molecular weight is 307 g/mol. The van der Waals surface area contributed by atoms with E-state index in [1.807, 2.05) is 18.2 Å². The molecule has 6 heteroatoms. The number of carboxylic acids is 1. The largest absolute Gasteiger partial charge is 0.479 e. The van der Waals surface area contributed by atoms with E-state index < -0.39 is 12.1 Å². The minimum atomic E-state index is -1.01. The van der Waals surface area contributed by atoms with E-state index in [2.05, 4.69) is 6.07 Å². The number of hydrogen-bond donors (Lipinski definition) is 1. The lowest BCUT2D eigenvalue weighted by molar-refractivity contribution is -0.159. The molecule has 21 heavy (non-hydrogen) atoms. The molecule has 5 nitrogen and oxygen atoms in total. The maximum absolute atomic E-state index is 12.7. The Bertz CT molecular complexity index is 562. The summed E-state index contributed by atoms with van der Waals surface area (Å²) in [4.78, 5) is 25.4. The Morgan fingerprint density at radius 1 is 1.33 bits per heavy atom. The first kappa shape index (κ1) is 14.4. The van der Waals surface area contributed by atoms with E-state index in [0.29, 0.717) is 6.54 Å². The Hall–Kier alpha value is -1.53. The summed E-state index contributed by atoms with van der Waals surface area (Å²) in [7, 11) is 0. The molecule has 0 radical (unpaired) electrons. The number of morpholine rings is 1. The number of rotatable bonds is 2. The Balaban J connectivity index is 1.78. The smallest absolute Gasteiger partial charge is 0.334 e. The highest BCUT2D eigenvalue weighted by molar-refractivity contribution is 8.00. The fraction of sp³-hybridized carbons (Fsp3) is 0.467. The minimum absolute atomic E-state index is 0.00157. The van der Waals surface area contributed by atoms with Gasteiger partial charge in [0.2, 0.25) is 5.91 Å². The van der Waals surface area contributed by atoms with Crippen molar-refractivity contribution in [2.24, 2.45) is 0 Å². The van der Waals surface area contributed by atoms with Gasteiger partial charge in [0.05, 0.1) is 13.2 Å². The molecule has 0 aliphatic carbocycles. The molecule has 3 rings (SSSR count). The topological polar surface area (TPSA) is 66.8 Å². The normalized spacial score (nSPS) is 25.2. The molecule has 1 saturated heterocycles. The number of carboxylic acid groups (broad SMARTS) is 1. The summed E-state index contributed by atoms with van der Waals surface area (Å²) in [6, 6.07) is 8.00. The minimum Gasteiger partial charge on any atom is -0.479 e. The Labute approximate surface area is 127 Å². The predicted molar refractivity (Wildman–Crippen MR) is 79.3 cm³/mol. The fourth-order valence-electron chi connectivity index (χ4n) is 2.76. The van der Waals surface area contributed by atoms with Gasteiger partial charge < -0.3 is 14.7 Å². The predicted octanol–water partition coefficient (Wildman–Crippen LogP) is 1.33. The van der Waals surface area contributed by atoms with Crippen molar-refractivity contribution in [1.82, 2.24) is 4.90 Å². The van der Waals surface area contributed by atoms with Crippen LogP contribution in [0.2, 0.25) is 0 Å². The molecule has 1 fully saturated rings. The summed E-state index contributed by atoms with van der Waals surface area (Å²) in [5, 5.41) is 8.82. The van der Waals surface area contributed by atoms with Crippen LogP contribution in [0, 0.1) is 0 Å². The van der Waals surface area contributed by atoms with Gasteiger partial charge in [0, 0.05) is 6.54 Å². The van der Waals surface area contributed by atoms with Gasteiger partial charge in [0.15, 0.2) is 6.10 Å². The van der Waals surface area contributed by atoms with Gasteiger partial charge in [0.25, 0.3) is 0 Å². The molecule has 1 amide bonds. The zero-order chi connectivity index (χ0) is 14.8. The van der Waals surface area contributed by atoms with Crippen molar-refractivity contribution < 1.29 is 19.4 Å². The maximum atomic E-state index is 12.7. The van der Waals surface area contributed by atoms with Crippen LogP contribution in [-0.2, 0) is 20.7 Å². The number of benzene rings is 1. The monoisotopic (exact) mass is 307 g/mol. The van der Waals surface area contributed by atoms with E-state index in [-0.39, 0.29) is 24.3 Å². The first-order chi connectivity index (χ1) is 10.2. The van der Waals surface area contributed by atoms with Gasteiger partial charge in [-0.3, -0.25) is 4.79 Å². The van der Waals surface area contributed by atoms with Gasteiger partial charge in [-0.2, -0.15) is 0 Å². The maximum Gasteiger partial charge on any atom is 0.334 e. The molecule has 0 aromatic heterocycles. The van der Waals surface area contributed by atoms with Crippen LogP contribution in [0.5, 0.6) is 0 Å². The molecule has 0 bridgehead atoms. The van der Waals surface area contributed by atoms with E-state index in [1.54, 1.807) is 16.7 Å². The quantitative estimate of drug-likeness (QED) is 0.893. The number of hydrogen-bond acceptors (Lipinski definition) is 4. The van der Waals surface area contributed by atoms with Crippen molar-refractivity contribution in [1.29, 1.82) is 0 Å². The van der Waals surface area contributed by atoms with Gasteiger partial charge in [-0.25, -0.2) is 4.79 Å². The van der Waals surface area contributed by atoms with Crippen molar-refractivity contribution in [3.8, 4) is 0 Å². The number of nitrogens with zero attached hydrogens (tertiary/aromatic N) is 1. The summed E-state index contributed by atoms with van der Waals surface area (Å²) in [6.45, 7) is 0.872. The SMILES string of the molecule is O=C(O)[C@@H]1CN(C(=O)[C@H]2SCCc3ccccc32)CCO1. The summed E-state index contributed by atoms with van der Waals surface area (Å²) in [6.07, 6.45) is 0.0670. The van der Waals surface area contributed by atoms with Crippen LogP contribution in [0.25, 0.3) is 0 Å². The third-order valence-corrected chi connectivity index (χ3v) is 5.10. The highest BCUT2D eigenvalue weighted by atomic mass is 32.2. The Kier molecular flexibility index (Phi) is 4.17. The van der Waals surface area contributed by atoms with Gasteiger partial charge in [0.1, 0.15) is 5.25 Å². The van der Waals surface area contributed by atoms with Crippen molar-refractivity contribution in [3.63, 3.8) is 0 Å². The van der Waals surface area contributed by atoms with Crippen LogP contribution in [0.15, 0.2) is 24.3 Å². The molecule has 1 aromatic rings. The van der Waals surface area contributed by atoms with Crippen LogP contribution < -0.4 is 0 Å². The molecule has 112 valence electrons. The third-order valence-electron chi connectivity index (χ3n) is 3.87. The van der Waals surface area contributed by atoms with Gasteiger partial charge in [-0.15, -0.1) is 11.8 Å². The summed E-state index contributed by atoms with van der Waals surface area (Å²) < 4.78 is 5.18. The summed E-state index contributed by atoms with van der Waals surface area (Å²) >= 11 is 1.64. The highest BCUT2D eigenvalue weighted by Crippen LogP contribution is 2.38. The van der Waals surface area contributed by atoms with Crippen LogP contribution in [-0.4, -0.2) is 53.4 Å². The highest BCUT2D eigenvalue weighted by Gasteiger charge is 2.35. The second-order valence-corrected chi connectivity index (χ2v) is 6.39. The second kappa shape index (κ2) is 6.07. The van der Waals surface area contributed by atoms with Gasteiger partial charge in [-0.1, -0.05) is 24.3 Å². The van der Waals surface area contributed by atoms with Crippen LogP contribution >= 0.6 is 11.8 Å². The molecule has 2 aliphatic heterocycles. The molecule has 2 heterocycles. The molecule has 0 saturated carbocycles. The van der Waals surface area contributed by atoms with Crippen LogP contribution in [0.1, 0.15) is 16.4 Å². The van der Waals surface area contributed by atoms with Crippen molar-refractivity contribution in [2.75, 3.05) is 25.4 Å². The van der Waals surface area contributed by atoms with Crippen molar-refractivity contribution in [2.45, 2.75) is 17.8 Å². The number of ether oxygens (including phenoxy) is 1. The van der Waals surface area contributed by atoms with E-state index in [9.17, 15) is 9.59 Å². The molecule has 2 atom stereocenters. The zero-order valence-corrected chi connectivity index (χ0v) is 12.3. The molecule has 2 aliphatic rings. The van der Waals surface area contributed by atoms with E-state index in [4.69, 9.17) is 9.84 Å². The van der Waals surface area contributed by atoms with Gasteiger partial charge >= 0.3 is 5.97 Å². The van der Waals surface area contributed by atoms with Gasteiger partial charge in [-0.05, 0) is 23.3 Å². The average Bonchev–Trinajstić information content (AvgIpc) is 2.53. The molecular formula is C15H17NO4S. The lowest BCUT2D eigenvalue weighted by Gasteiger charge is -2.34. The number of aryl methyl sites for hydroxylation is 1. The number of aliphatic carboxylic acids is 1. The Morgan fingerprint density at radius 2 is 2.14 bits per heavy atom. The molecule has 1 N–H and O–H groups in total. The lowest BCUT2D eigenvalue weighted by Crippen LogP contribution is -2.49. The zero-order valence-electron chi connectivity index (χ0n) is 11.5. The number of fused-ring (bicyclic) bond motifs is 1. The lowest BCUT2D eigenvalue weighted by atomic mass is 10.0.